The van der Waals surface area contributed by atoms with Crippen LogP contribution in [0.15, 0.2) is 36.4 Å². The van der Waals surface area contributed by atoms with Gasteiger partial charge in [0, 0.05) is 0 Å². The second-order valence-corrected chi connectivity index (χ2v) is 5.86. The molecule has 8 nitrogen and oxygen atoms in total. The Hall–Kier alpha value is -3.44. The van der Waals surface area contributed by atoms with Gasteiger partial charge in [0.15, 0.2) is 0 Å². The van der Waals surface area contributed by atoms with E-state index in [1.165, 1.54) is 35.2 Å². The number of hydrogen-bond donors (Lipinski definition) is 5. The van der Waals surface area contributed by atoms with Crippen LogP contribution in [0.5, 0.6) is 0 Å². The molecule has 3 amide bonds. The van der Waals surface area contributed by atoms with Crippen LogP contribution in [0.4, 0.5) is 13.2 Å². The van der Waals surface area contributed by atoms with Crippen LogP contribution in [-0.2, 0) is 21.1 Å². The molecule has 0 saturated carbocycles. The highest BCUT2D eigenvalue weighted by Crippen LogP contribution is 2.26. The minimum atomic E-state index is -1.39. The first-order valence-corrected chi connectivity index (χ1v) is 8.11. The van der Waals surface area contributed by atoms with E-state index in [0.717, 1.165) is 12.1 Å². The predicted octanol–water partition coefficient (Wildman–Crippen LogP) is 1.66. The maximum absolute atomic E-state index is 13.8. The minimum absolute atomic E-state index is 0.121. The summed E-state index contributed by atoms with van der Waals surface area (Å²) in [4.78, 5) is 34.7. The first-order valence-electron chi connectivity index (χ1n) is 8.11. The van der Waals surface area contributed by atoms with Gasteiger partial charge in [-0.2, -0.15) is 0 Å². The van der Waals surface area contributed by atoms with Crippen LogP contribution in [0.1, 0.15) is 23.6 Å². The number of amides is 3. The Morgan fingerprint density at radius 2 is 1.48 bits per heavy atom. The maximum atomic E-state index is 13.8. The molecule has 0 radical (unpaired) electrons. The van der Waals surface area contributed by atoms with Gasteiger partial charge in [0.25, 0.3) is 11.8 Å². The van der Waals surface area contributed by atoms with Crippen molar-refractivity contribution in [2.75, 3.05) is 0 Å². The first kappa shape index (κ1) is 21.9. The first-order chi connectivity index (χ1) is 13.8. The highest BCUT2D eigenvalue weighted by Gasteiger charge is 2.23. The fourth-order valence-corrected chi connectivity index (χ4v) is 2.53. The van der Waals surface area contributed by atoms with Crippen LogP contribution in [0, 0.1) is 11.6 Å². The molecular formula is C18H16F3N3O5. The van der Waals surface area contributed by atoms with E-state index in [0.29, 0.717) is 5.56 Å². The fraction of sp³-hybridized carbons (Fsp3) is 0.167. The lowest BCUT2D eigenvalue weighted by molar-refractivity contribution is -0.138. The van der Waals surface area contributed by atoms with Crippen molar-refractivity contribution in [1.82, 2.24) is 16.3 Å². The van der Waals surface area contributed by atoms with E-state index in [-0.39, 0.29) is 11.1 Å². The average Bonchev–Trinajstić information content (AvgIpc) is 2.71. The number of hydrogen-bond acceptors (Lipinski definition) is 5. The summed E-state index contributed by atoms with van der Waals surface area (Å²) in [5.41, 5.74) is 2.59. The highest BCUT2D eigenvalue weighted by atomic mass is 19.1. The quantitative estimate of drug-likeness (QED) is 0.269. The number of alkyl halides is 1. The van der Waals surface area contributed by atoms with Gasteiger partial charge >= 0.3 is 0 Å². The van der Waals surface area contributed by atoms with Gasteiger partial charge < -0.3 is 5.32 Å². The Kier molecular flexibility index (Phi) is 7.28. The van der Waals surface area contributed by atoms with E-state index in [9.17, 15) is 27.6 Å². The monoisotopic (exact) mass is 411 g/mol. The average molecular weight is 411 g/mol. The summed E-state index contributed by atoms with van der Waals surface area (Å²) in [6.07, 6.45) is -0.775. The summed E-state index contributed by atoms with van der Waals surface area (Å²) < 4.78 is 40.2. The number of benzene rings is 2. The zero-order chi connectivity index (χ0) is 21.6. The van der Waals surface area contributed by atoms with Crippen LogP contribution in [0.25, 0.3) is 11.1 Å². The molecule has 0 spiro atoms. The molecule has 1 atom stereocenters. The third kappa shape index (κ3) is 5.30. The van der Waals surface area contributed by atoms with E-state index in [1.807, 2.05) is 0 Å². The van der Waals surface area contributed by atoms with Gasteiger partial charge in [0.1, 0.15) is 30.8 Å². The molecular weight excluding hydrogens is 395 g/mol. The van der Waals surface area contributed by atoms with Gasteiger partial charge in [-0.15, -0.1) is 0 Å². The molecule has 11 heteroatoms. The van der Waals surface area contributed by atoms with Gasteiger partial charge in [-0.05, 0) is 28.8 Å². The Balaban J connectivity index is 2.28. The van der Waals surface area contributed by atoms with Crippen LogP contribution >= 0.6 is 0 Å². The van der Waals surface area contributed by atoms with Crippen molar-refractivity contribution in [2.45, 2.75) is 19.1 Å². The van der Waals surface area contributed by atoms with Crippen molar-refractivity contribution in [3.05, 3.63) is 59.2 Å². The lowest BCUT2D eigenvalue weighted by Crippen LogP contribution is -2.40. The van der Waals surface area contributed by atoms with Crippen molar-refractivity contribution in [1.29, 1.82) is 0 Å². The number of rotatable bonds is 7. The van der Waals surface area contributed by atoms with E-state index in [1.54, 1.807) is 0 Å². The fourth-order valence-electron chi connectivity index (χ4n) is 2.53. The number of carbonyl (C=O) groups is 3. The Morgan fingerprint density at radius 1 is 0.897 bits per heavy atom. The van der Waals surface area contributed by atoms with Crippen molar-refractivity contribution in [3.8, 4) is 11.1 Å². The molecule has 1 unspecified atom stereocenters. The van der Waals surface area contributed by atoms with Gasteiger partial charge in [-0.25, -0.2) is 24.1 Å². The Labute approximate surface area is 162 Å². The normalized spacial score (nSPS) is 11.5. The Bertz CT molecular complexity index is 898. The predicted molar refractivity (Wildman–Crippen MR) is 92.0 cm³/mol. The largest absolute Gasteiger partial charge is 0.340 e. The summed E-state index contributed by atoms with van der Waals surface area (Å²) in [7, 11) is 0. The zero-order valence-corrected chi connectivity index (χ0v) is 14.7. The van der Waals surface area contributed by atoms with Crippen molar-refractivity contribution >= 4 is 17.7 Å². The summed E-state index contributed by atoms with van der Waals surface area (Å²) in [5, 5.41) is 19.5. The molecule has 2 aromatic carbocycles. The SMILES string of the molecule is O=C(CC(=O)NC(C(=O)NO)c1ccc(-c2cc(F)c(CF)c(F)c2)cc1)NO. The number of hydroxylamine groups is 2. The smallest absolute Gasteiger partial charge is 0.270 e. The van der Waals surface area contributed by atoms with Crippen LogP contribution < -0.4 is 16.3 Å². The zero-order valence-electron chi connectivity index (χ0n) is 14.7. The number of halogens is 3. The van der Waals surface area contributed by atoms with Gasteiger partial charge in [0.2, 0.25) is 5.91 Å². The van der Waals surface area contributed by atoms with Crippen LogP contribution in [-0.4, -0.2) is 28.1 Å². The maximum Gasteiger partial charge on any atom is 0.270 e. The number of carbonyl (C=O) groups excluding carboxylic acids is 3. The number of nitrogens with one attached hydrogen (secondary N) is 3. The van der Waals surface area contributed by atoms with Crippen molar-refractivity contribution in [3.63, 3.8) is 0 Å². The molecule has 0 fully saturated rings. The molecule has 2 rings (SSSR count). The standard InChI is InChI=1S/C18H16F3N3O5/c19-8-12-13(20)5-11(6-14(12)21)9-1-3-10(4-2-9)17(18(27)24-29)22-15(25)7-16(26)23-28/h1-6,17,28-29H,7-8H2,(H,22,25)(H,23,26)(H,24,27). The highest BCUT2D eigenvalue weighted by molar-refractivity contribution is 5.98. The lowest BCUT2D eigenvalue weighted by Gasteiger charge is -2.17. The molecule has 2 aromatic rings. The molecule has 0 aliphatic carbocycles. The van der Waals surface area contributed by atoms with E-state index >= 15 is 0 Å². The lowest BCUT2D eigenvalue weighted by atomic mass is 9.99. The molecule has 154 valence electrons. The molecule has 5 N–H and O–H groups in total. The topological polar surface area (TPSA) is 128 Å². The Morgan fingerprint density at radius 3 is 1.97 bits per heavy atom. The summed E-state index contributed by atoms with van der Waals surface area (Å²) in [6, 6.07) is 6.00. The van der Waals surface area contributed by atoms with Crippen molar-refractivity contribution in [2.24, 2.45) is 0 Å². The van der Waals surface area contributed by atoms with Gasteiger partial charge in [0.05, 0.1) is 5.56 Å². The third-order valence-corrected chi connectivity index (χ3v) is 3.98. The van der Waals surface area contributed by atoms with Crippen LogP contribution in [0.3, 0.4) is 0 Å². The molecule has 29 heavy (non-hydrogen) atoms. The molecule has 0 bridgehead atoms. The summed E-state index contributed by atoms with van der Waals surface area (Å²) >= 11 is 0. The molecule has 0 saturated heterocycles. The van der Waals surface area contributed by atoms with E-state index in [4.69, 9.17) is 10.4 Å². The van der Waals surface area contributed by atoms with Crippen molar-refractivity contribution < 1.29 is 38.0 Å². The second kappa shape index (κ2) is 9.66. The van der Waals surface area contributed by atoms with Crippen LogP contribution in [0.2, 0.25) is 0 Å². The second-order valence-electron chi connectivity index (χ2n) is 5.86. The summed E-state index contributed by atoms with van der Waals surface area (Å²) in [5.74, 6) is -5.03. The van der Waals surface area contributed by atoms with Gasteiger partial charge in [-0.1, -0.05) is 24.3 Å². The van der Waals surface area contributed by atoms with E-state index in [2.05, 4.69) is 5.32 Å². The molecule has 0 aliphatic rings. The van der Waals surface area contributed by atoms with E-state index < -0.39 is 54.1 Å². The minimum Gasteiger partial charge on any atom is -0.340 e. The third-order valence-electron chi connectivity index (χ3n) is 3.98. The van der Waals surface area contributed by atoms with Gasteiger partial charge in [-0.3, -0.25) is 24.8 Å². The molecule has 0 aromatic heterocycles. The molecule has 0 heterocycles. The molecule has 0 aliphatic heterocycles. The summed E-state index contributed by atoms with van der Waals surface area (Å²) in [6.45, 7) is -1.29.